The van der Waals surface area contributed by atoms with Gasteiger partial charge in [0.05, 0.1) is 28.6 Å². The zero-order valence-corrected chi connectivity index (χ0v) is 26.8. The molecule has 1 N–H and O–H groups in total. The summed E-state index contributed by atoms with van der Waals surface area (Å²) in [5, 5.41) is 17.6. The van der Waals surface area contributed by atoms with E-state index in [9.17, 15) is 28.0 Å². The smallest absolute Gasteiger partial charge is 0.418 e. The first kappa shape index (κ1) is 32.7. The number of aromatic nitrogens is 3. The highest BCUT2D eigenvalue weighted by molar-refractivity contribution is 7.07. The van der Waals surface area contributed by atoms with E-state index in [1.165, 1.54) is 18.2 Å². The highest BCUT2D eigenvalue weighted by atomic mass is 32.1. The molecule has 49 heavy (non-hydrogen) atoms. The third kappa shape index (κ3) is 6.79. The summed E-state index contributed by atoms with van der Waals surface area (Å²) in [6.07, 6.45) is -1.64. The Bertz CT molecular complexity index is 2410. The second-order valence-electron chi connectivity index (χ2n) is 10.8. The fourth-order valence-corrected chi connectivity index (χ4v) is 6.30. The van der Waals surface area contributed by atoms with Crippen LogP contribution in [0, 0.1) is 18.3 Å². The predicted molar refractivity (Wildman–Crippen MR) is 182 cm³/mol. The number of methoxy groups -OCH3 is 1. The number of nitrogens with one attached hydrogen (secondary N) is 1. The van der Waals surface area contributed by atoms with Crippen molar-refractivity contribution < 1.29 is 22.7 Å². The number of hydrogen-bond donors (Lipinski definition) is 1. The molecule has 244 valence electrons. The number of alkyl halides is 3. The number of ether oxygens (including phenoxy) is 1. The minimum Gasteiger partial charge on any atom is -0.497 e. The van der Waals surface area contributed by atoms with Crippen LogP contribution in [-0.4, -0.2) is 27.4 Å². The molecule has 2 heterocycles. The Morgan fingerprint density at radius 2 is 1.69 bits per heavy atom. The lowest BCUT2D eigenvalue weighted by molar-refractivity contribution is -0.137. The van der Waals surface area contributed by atoms with Crippen molar-refractivity contribution in [3.63, 3.8) is 0 Å². The number of thiazole rings is 1. The molecule has 0 unspecified atom stereocenters. The van der Waals surface area contributed by atoms with E-state index in [-0.39, 0.29) is 9.20 Å². The Balaban J connectivity index is 1.64. The normalized spacial score (nSPS) is 12.4. The van der Waals surface area contributed by atoms with Gasteiger partial charge in [0.2, 0.25) is 0 Å². The van der Waals surface area contributed by atoms with Crippen molar-refractivity contribution in [1.29, 1.82) is 5.26 Å². The highest BCUT2D eigenvalue weighted by Gasteiger charge is 2.34. The number of halogens is 3. The summed E-state index contributed by atoms with van der Waals surface area (Å²) in [6, 6.07) is 29.5. The molecule has 8 nitrogen and oxygen atoms in total. The largest absolute Gasteiger partial charge is 0.497 e. The molecule has 6 rings (SSSR count). The quantitative estimate of drug-likeness (QED) is 0.216. The van der Waals surface area contributed by atoms with Crippen LogP contribution in [-0.2, 0) is 11.0 Å². The van der Waals surface area contributed by atoms with E-state index in [4.69, 9.17) is 9.84 Å². The number of nitriles is 1. The first-order valence-electron chi connectivity index (χ1n) is 14.8. The summed E-state index contributed by atoms with van der Waals surface area (Å²) in [7, 11) is 1.54. The van der Waals surface area contributed by atoms with Gasteiger partial charge in [0, 0.05) is 23.0 Å². The maximum Gasteiger partial charge on any atom is 0.418 e. The number of carbonyl (C=O) groups is 1. The summed E-state index contributed by atoms with van der Waals surface area (Å²) in [5.74, 6) is -0.260. The van der Waals surface area contributed by atoms with E-state index in [1.54, 1.807) is 60.5 Å². The van der Waals surface area contributed by atoms with Crippen molar-refractivity contribution >= 4 is 34.6 Å². The van der Waals surface area contributed by atoms with Gasteiger partial charge in [-0.05, 0) is 79.2 Å². The number of aryl methyl sites for hydroxylation is 1. The number of amides is 1. The molecule has 0 aliphatic carbocycles. The van der Waals surface area contributed by atoms with Gasteiger partial charge in [0.1, 0.15) is 22.2 Å². The molecular weight excluding hydrogens is 652 g/mol. The van der Waals surface area contributed by atoms with Crippen LogP contribution in [0.15, 0.2) is 114 Å². The standard InChI is InChI=1S/C37H26F3N5O3S/c1-23-9-8-10-26(19-23)42-34(46)29(21-41)36-45(31-14-7-6-13-30(31)37(38,39)40)35(47)32(49-36)20-25-22-44(27-11-4-3-5-12-27)43-33(25)24-15-17-28(48-2)18-16-24/h3-20,22H,1-2H3,(H,42,46). The molecule has 2 aromatic heterocycles. The van der Waals surface area contributed by atoms with Crippen molar-refractivity contribution in [3.05, 3.63) is 146 Å². The molecule has 0 aliphatic heterocycles. The Morgan fingerprint density at radius 1 is 0.980 bits per heavy atom. The molecule has 0 radical (unpaired) electrons. The van der Waals surface area contributed by atoms with Gasteiger partial charge in [0.15, 0.2) is 5.57 Å². The van der Waals surface area contributed by atoms with Crippen molar-refractivity contribution in [2.24, 2.45) is 0 Å². The monoisotopic (exact) mass is 677 g/mol. The lowest BCUT2D eigenvalue weighted by Gasteiger charge is -2.13. The zero-order valence-electron chi connectivity index (χ0n) is 26.0. The maximum absolute atomic E-state index is 14.3. The van der Waals surface area contributed by atoms with E-state index in [2.05, 4.69) is 5.32 Å². The molecule has 4 aromatic carbocycles. The highest BCUT2D eigenvalue weighted by Crippen LogP contribution is 2.33. The van der Waals surface area contributed by atoms with E-state index in [1.807, 2.05) is 49.4 Å². The zero-order chi connectivity index (χ0) is 34.7. The number of hydrogen-bond acceptors (Lipinski definition) is 6. The molecule has 0 bridgehead atoms. The van der Waals surface area contributed by atoms with Gasteiger partial charge < -0.3 is 10.1 Å². The minimum absolute atomic E-state index is 0.0227. The summed E-state index contributed by atoms with van der Waals surface area (Å²) >= 11 is 0.735. The molecule has 6 aromatic rings. The average Bonchev–Trinajstić information content (AvgIpc) is 3.66. The van der Waals surface area contributed by atoms with Gasteiger partial charge in [-0.3, -0.25) is 14.2 Å². The van der Waals surface area contributed by atoms with Crippen molar-refractivity contribution in [2.75, 3.05) is 12.4 Å². The molecule has 0 saturated heterocycles. The number of nitrogens with zero attached hydrogens (tertiary/aromatic N) is 4. The second kappa shape index (κ2) is 13.5. The van der Waals surface area contributed by atoms with Gasteiger partial charge in [-0.15, -0.1) is 11.3 Å². The molecule has 0 saturated carbocycles. The SMILES string of the molecule is COc1ccc(-c2nn(-c3ccccc3)cc2C=c2sc(=C(C#N)C(=O)Nc3cccc(C)c3)n(-c3ccccc3C(F)(F)F)c2=O)cc1. The van der Waals surface area contributed by atoms with Crippen LogP contribution in [0.4, 0.5) is 18.9 Å². The first-order chi connectivity index (χ1) is 23.6. The van der Waals surface area contributed by atoms with Crippen LogP contribution in [0.1, 0.15) is 16.7 Å². The van der Waals surface area contributed by atoms with Crippen molar-refractivity contribution in [3.8, 4) is 34.5 Å². The number of benzene rings is 4. The number of para-hydroxylation sites is 2. The van der Waals surface area contributed by atoms with Crippen LogP contribution < -0.4 is 24.8 Å². The van der Waals surface area contributed by atoms with Crippen molar-refractivity contribution in [2.45, 2.75) is 13.1 Å². The Kier molecular flexibility index (Phi) is 9.02. The molecule has 12 heteroatoms. The second-order valence-corrected chi connectivity index (χ2v) is 11.9. The van der Waals surface area contributed by atoms with E-state index in [0.717, 1.165) is 39.3 Å². The fraction of sp³-hybridized carbons (Fsp3) is 0.0811. The van der Waals surface area contributed by atoms with Crippen LogP contribution in [0.25, 0.3) is 34.3 Å². The van der Waals surface area contributed by atoms with Gasteiger partial charge >= 0.3 is 6.18 Å². The lowest BCUT2D eigenvalue weighted by atomic mass is 10.1. The number of carbonyl (C=O) groups excluding carboxylic acids is 1. The summed E-state index contributed by atoms with van der Waals surface area (Å²) in [6.45, 7) is 1.82. The van der Waals surface area contributed by atoms with Crippen LogP contribution >= 0.6 is 11.3 Å². The minimum atomic E-state index is -4.84. The molecule has 0 spiro atoms. The van der Waals surface area contributed by atoms with Gasteiger partial charge in [-0.2, -0.15) is 23.5 Å². The third-order valence-electron chi connectivity index (χ3n) is 7.52. The van der Waals surface area contributed by atoms with E-state index < -0.39 is 34.5 Å². The van der Waals surface area contributed by atoms with E-state index >= 15 is 0 Å². The third-order valence-corrected chi connectivity index (χ3v) is 8.61. The Labute approximate surface area is 281 Å². The molecular formula is C37H26F3N5O3S. The van der Waals surface area contributed by atoms with Crippen molar-refractivity contribution in [1.82, 2.24) is 14.3 Å². The van der Waals surface area contributed by atoms with Gasteiger partial charge in [-0.1, -0.05) is 42.5 Å². The Morgan fingerprint density at radius 3 is 2.37 bits per heavy atom. The molecule has 0 atom stereocenters. The average molecular weight is 678 g/mol. The topological polar surface area (TPSA) is 102 Å². The Hall–Kier alpha value is -6.19. The molecule has 1 amide bonds. The first-order valence-corrected chi connectivity index (χ1v) is 15.6. The molecule has 0 aliphatic rings. The van der Waals surface area contributed by atoms with Crippen LogP contribution in [0.5, 0.6) is 5.75 Å². The van der Waals surface area contributed by atoms with Gasteiger partial charge in [0.25, 0.3) is 11.5 Å². The summed E-state index contributed by atoms with van der Waals surface area (Å²) in [5.41, 5.74) is 0.579. The maximum atomic E-state index is 14.3. The van der Waals surface area contributed by atoms with E-state index in [0.29, 0.717) is 28.3 Å². The fourth-order valence-electron chi connectivity index (χ4n) is 5.21. The van der Waals surface area contributed by atoms with Gasteiger partial charge in [-0.25, -0.2) is 4.68 Å². The number of anilines is 1. The predicted octanol–water partition coefficient (Wildman–Crippen LogP) is 6.23. The van der Waals surface area contributed by atoms with Crippen LogP contribution in [0.2, 0.25) is 0 Å². The molecule has 0 fully saturated rings. The van der Waals surface area contributed by atoms with Crippen LogP contribution in [0.3, 0.4) is 0 Å². The number of rotatable bonds is 7. The summed E-state index contributed by atoms with van der Waals surface area (Å²) < 4.78 is 50.3. The lowest BCUT2D eigenvalue weighted by Crippen LogP contribution is -2.33. The summed E-state index contributed by atoms with van der Waals surface area (Å²) in [4.78, 5) is 27.7.